The molecule has 20 heavy (non-hydrogen) atoms. The molecule has 1 amide bonds. The Bertz CT molecular complexity index is 542. The molecule has 2 aromatic heterocycles. The molecule has 0 aliphatic rings. The van der Waals surface area contributed by atoms with Crippen LogP contribution in [0.25, 0.3) is 5.82 Å². The summed E-state index contributed by atoms with van der Waals surface area (Å²) in [5.74, 6) is 1.29. The molecule has 0 aliphatic heterocycles. The highest BCUT2D eigenvalue weighted by molar-refractivity contribution is 7.98. The Morgan fingerprint density at radius 1 is 1.55 bits per heavy atom. The van der Waals surface area contributed by atoms with Crippen LogP contribution in [0.5, 0.6) is 0 Å². The van der Waals surface area contributed by atoms with Gasteiger partial charge < -0.3 is 11.1 Å². The van der Waals surface area contributed by atoms with E-state index in [0.29, 0.717) is 17.9 Å². The minimum atomic E-state index is -0.502. The number of nitrogens with one attached hydrogen (secondary N) is 1. The van der Waals surface area contributed by atoms with Gasteiger partial charge in [-0.15, -0.1) is 0 Å². The molecule has 3 N–H and O–H groups in total. The van der Waals surface area contributed by atoms with Gasteiger partial charge >= 0.3 is 0 Å². The van der Waals surface area contributed by atoms with Gasteiger partial charge in [-0.2, -0.15) is 16.9 Å². The zero-order chi connectivity index (χ0) is 14.4. The van der Waals surface area contributed by atoms with E-state index in [1.807, 2.05) is 6.26 Å². The highest BCUT2D eigenvalue weighted by Gasteiger charge is 2.13. The molecule has 8 heteroatoms. The van der Waals surface area contributed by atoms with Gasteiger partial charge in [-0.25, -0.2) is 14.6 Å². The van der Waals surface area contributed by atoms with Gasteiger partial charge in [0.15, 0.2) is 5.82 Å². The van der Waals surface area contributed by atoms with Gasteiger partial charge in [-0.3, -0.25) is 4.79 Å². The van der Waals surface area contributed by atoms with Gasteiger partial charge in [0.25, 0.3) is 0 Å². The molecular formula is C12H16N6OS. The zero-order valence-electron chi connectivity index (χ0n) is 11.1. The summed E-state index contributed by atoms with van der Waals surface area (Å²) in [6.45, 7) is 0. The molecule has 0 bridgehead atoms. The number of thioether (sulfide) groups is 1. The molecule has 1 atom stereocenters. The summed E-state index contributed by atoms with van der Waals surface area (Å²) >= 11 is 1.67. The molecular weight excluding hydrogens is 276 g/mol. The molecule has 0 unspecified atom stereocenters. The van der Waals surface area contributed by atoms with Crippen molar-refractivity contribution in [1.29, 1.82) is 0 Å². The minimum absolute atomic E-state index is 0.200. The van der Waals surface area contributed by atoms with Crippen LogP contribution < -0.4 is 11.1 Å². The predicted octanol–water partition coefficient (Wildman–Crippen LogP) is 0.681. The van der Waals surface area contributed by atoms with Crippen molar-refractivity contribution in [1.82, 2.24) is 19.7 Å². The van der Waals surface area contributed by atoms with Crippen molar-refractivity contribution < 1.29 is 4.79 Å². The molecule has 0 spiro atoms. The SMILES string of the molecule is CSCC[C@H](N)C(=O)Nc1ccc(-n2cncn2)nc1. The molecule has 106 valence electrons. The number of hydrogen-bond donors (Lipinski definition) is 2. The number of amides is 1. The highest BCUT2D eigenvalue weighted by atomic mass is 32.2. The van der Waals surface area contributed by atoms with Gasteiger partial charge in [-0.05, 0) is 30.6 Å². The van der Waals surface area contributed by atoms with Crippen molar-refractivity contribution >= 4 is 23.4 Å². The first-order valence-electron chi connectivity index (χ1n) is 6.07. The number of nitrogens with two attached hydrogens (primary N) is 1. The topological polar surface area (TPSA) is 98.7 Å². The number of anilines is 1. The van der Waals surface area contributed by atoms with Crippen molar-refractivity contribution in [2.75, 3.05) is 17.3 Å². The van der Waals surface area contributed by atoms with E-state index in [0.717, 1.165) is 5.75 Å². The lowest BCUT2D eigenvalue weighted by Gasteiger charge is -2.11. The first-order chi connectivity index (χ1) is 9.70. The van der Waals surface area contributed by atoms with Crippen LogP contribution in [0.15, 0.2) is 31.0 Å². The number of carbonyl (C=O) groups excluding carboxylic acids is 1. The minimum Gasteiger partial charge on any atom is -0.323 e. The maximum atomic E-state index is 11.8. The Morgan fingerprint density at radius 3 is 3.00 bits per heavy atom. The third kappa shape index (κ3) is 3.78. The van der Waals surface area contributed by atoms with E-state index < -0.39 is 6.04 Å². The fraction of sp³-hybridized carbons (Fsp3) is 0.333. The summed E-state index contributed by atoms with van der Waals surface area (Å²) in [6.07, 6.45) is 7.19. The van der Waals surface area contributed by atoms with E-state index in [1.54, 1.807) is 36.4 Å². The van der Waals surface area contributed by atoms with Gasteiger partial charge in [0.05, 0.1) is 17.9 Å². The van der Waals surface area contributed by atoms with E-state index in [2.05, 4.69) is 20.4 Å². The molecule has 0 aliphatic carbocycles. The third-order valence-electron chi connectivity index (χ3n) is 2.64. The molecule has 2 heterocycles. The number of aromatic nitrogens is 4. The van der Waals surface area contributed by atoms with E-state index in [1.165, 1.54) is 11.0 Å². The van der Waals surface area contributed by atoms with Crippen LogP contribution in [-0.4, -0.2) is 43.7 Å². The molecule has 0 aromatic carbocycles. The summed E-state index contributed by atoms with van der Waals surface area (Å²) in [5, 5.41) is 6.71. The number of carbonyl (C=O) groups is 1. The lowest BCUT2D eigenvalue weighted by Crippen LogP contribution is -2.36. The molecule has 0 radical (unpaired) electrons. The number of nitrogens with zero attached hydrogens (tertiary/aromatic N) is 4. The normalized spacial score (nSPS) is 12.1. The third-order valence-corrected chi connectivity index (χ3v) is 3.28. The van der Waals surface area contributed by atoms with Gasteiger partial charge in [-0.1, -0.05) is 0 Å². The van der Waals surface area contributed by atoms with Gasteiger partial charge in [0.1, 0.15) is 12.7 Å². The number of pyridine rings is 1. The summed E-state index contributed by atoms with van der Waals surface area (Å²) in [4.78, 5) is 19.9. The van der Waals surface area contributed by atoms with Crippen LogP contribution in [0.3, 0.4) is 0 Å². The quantitative estimate of drug-likeness (QED) is 0.812. The monoisotopic (exact) mass is 292 g/mol. The van der Waals surface area contributed by atoms with Crippen LogP contribution in [-0.2, 0) is 4.79 Å². The van der Waals surface area contributed by atoms with Crippen molar-refractivity contribution in [2.24, 2.45) is 5.73 Å². The highest BCUT2D eigenvalue weighted by Crippen LogP contribution is 2.09. The number of hydrogen-bond acceptors (Lipinski definition) is 6. The smallest absolute Gasteiger partial charge is 0.241 e. The maximum absolute atomic E-state index is 11.8. The lowest BCUT2D eigenvalue weighted by molar-refractivity contribution is -0.117. The molecule has 0 saturated heterocycles. The van der Waals surface area contributed by atoms with E-state index in [4.69, 9.17) is 5.73 Å². The molecule has 7 nitrogen and oxygen atoms in total. The Morgan fingerprint density at radius 2 is 2.40 bits per heavy atom. The average Bonchev–Trinajstić information content (AvgIpc) is 2.99. The first-order valence-corrected chi connectivity index (χ1v) is 7.46. The summed E-state index contributed by atoms with van der Waals surface area (Å²) in [6, 6.07) is 3.00. The van der Waals surface area contributed by atoms with Crippen LogP contribution in [0.4, 0.5) is 5.69 Å². The predicted molar refractivity (Wildman–Crippen MR) is 78.8 cm³/mol. The van der Waals surface area contributed by atoms with E-state index in [-0.39, 0.29) is 5.91 Å². The molecule has 2 aromatic rings. The van der Waals surface area contributed by atoms with Crippen molar-refractivity contribution in [3.05, 3.63) is 31.0 Å². The van der Waals surface area contributed by atoms with E-state index in [9.17, 15) is 4.79 Å². The fourth-order valence-corrected chi connectivity index (χ4v) is 2.02. The van der Waals surface area contributed by atoms with E-state index >= 15 is 0 Å². The van der Waals surface area contributed by atoms with Crippen LogP contribution >= 0.6 is 11.8 Å². The second kappa shape index (κ2) is 7.01. The second-order valence-electron chi connectivity index (χ2n) is 4.12. The van der Waals surface area contributed by atoms with Crippen LogP contribution in [0.2, 0.25) is 0 Å². The average molecular weight is 292 g/mol. The van der Waals surface area contributed by atoms with Crippen LogP contribution in [0, 0.1) is 0 Å². The Kier molecular flexibility index (Phi) is 5.08. The van der Waals surface area contributed by atoms with Crippen molar-refractivity contribution in [2.45, 2.75) is 12.5 Å². The van der Waals surface area contributed by atoms with Gasteiger partial charge in [0.2, 0.25) is 5.91 Å². The largest absolute Gasteiger partial charge is 0.323 e. The Balaban J connectivity index is 1.95. The fourth-order valence-electron chi connectivity index (χ4n) is 1.53. The first kappa shape index (κ1) is 14.5. The zero-order valence-corrected chi connectivity index (χ0v) is 11.9. The Labute approximate surface area is 121 Å². The summed E-state index contributed by atoms with van der Waals surface area (Å²) in [7, 11) is 0. The molecule has 2 rings (SSSR count). The van der Waals surface area contributed by atoms with Gasteiger partial charge in [0, 0.05) is 0 Å². The molecule has 0 fully saturated rings. The van der Waals surface area contributed by atoms with Crippen molar-refractivity contribution in [3.8, 4) is 5.82 Å². The van der Waals surface area contributed by atoms with Crippen molar-refractivity contribution in [3.63, 3.8) is 0 Å². The number of rotatable bonds is 6. The molecule has 0 saturated carbocycles. The summed E-state index contributed by atoms with van der Waals surface area (Å²) in [5.41, 5.74) is 6.40. The standard InChI is InChI=1S/C12H16N6OS/c1-20-5-4-10(13)12(19)17-9-2-3-11(15-6-9)18-8-14-7-16-18/h2-3,6-8,10H,4-5,13H2,1H3,(H,17,19)/t10-/m0/s1. The second-order valence-corrected chi connectivity index (χ2v) is 5.11. The summed E-state index contributed by atoms with van der Waals surface area (Å²) < 4.78 is 1.54. The maximum Gasteiger partial charge on any atom is 0.241 e. The van der Waals surface area contributed by atoms with Crippen LogP contribution in [0.1, 0.15) is 6.42 Å². The Hall–Kier alpha value is -1.93. The lowest BCUT2D eigenvalue weighted by atomic mass is 10.2.